The second-order valence-corrected chi connectivity index (χ2v) is 7.07. The van der Waals surface area contributed by atoms with E-state index in [1.165, 1.54) is 14.2 Å². The Hall–Kier alpha value is -3.15. The molecular formula is C23H27NO5. The van der Waals surface area contributed by atoms with Gasteiger partial charge < -0.3 is 14.8 Å². The van der Waals surface area contributed by atoms with E-state index in [1.807, 2.05) is 67.6 Å². The SMILES string of the molecule is COC(=O)[C@H](C[C@H](C)C(=O)OC)NC(=O)C(C)(c1ccccc1)c1ccccc1. The third-order valence-electron chi connectivity index (χ3n) is 5.14. The second-order valence-electron chi connectivity index (χ2n) is 7.07. The lowest BCUT2D eigenvalue weighted by molar-refractivity contribution is -0.149. The highest BCUT2D eigenvalue weighted by atomic mass is 16.5. The van der Waals surface area contributed by atoms with Gasteiger partial charge in [-0.2, -0.15) is 0 Å². The topological polar surface area (TPSA) is 81.7 Å². The maximum atomic E-state index is 13.5. The molecule has 0 radical (unpaired) electrons. The molecule has 2 aromatic carbocycles. The molecule has 29 heavy (non-hydrogen) atoms. The van der Waals surface area contributed by atoms with Crippen LogP contribution in [0.25, 0.3) is 0 Å². The summed E-state index contributed by atoms with van der Waals surface area (Å²) in [4.78, 5) is 37.6. The van der Waals surface area contributed by atoms with E-state index in [4.69, 9.17) is 9.47 Å². The number of nitrogens with one attached hydrogen (secondary N) is 1. The van der Waals surface area contributed by atoms with Gasteiger partial charge in [0.05, 0.1) is 25.6 Å². The predicted molar refractivity (Wildman–Crippen MR) is 109 cm³/mol. The van der Waals surface area contributed by atoms with Crippen LogP contribution in [-0.4, -0.2) is 38.1 Å². The Bertz CT molecular complexity index is 795. The average Bonchev–Trinajstić information content (AvgIpc) is 2.77. The van der Waals surface area contributed by atoms with E-state index < -0.39 is 29.3 Å². The van der Waals surface area contributed by atoms with Crippen LogP contribution in [0.5, 0.6) is 0 Å². The van der Waals surface area contributed by atoms with Gasteiger partial charge in [0.15, 0.2) is 0 Å². The number of methoxy groups -OCH3 is 2. The minimum absolute atomic E-state index is 0.0742. The molecular weight excluding hydrogens is 370 g/mol. The summed E-state index contributed by atoms with van der Waals surface area (Å²) >= 11 is 0. The number of benzene rings is 2. The fraction of sp³-hybridized carbons (Fsp3) is 0.348. The lowest BCUT2D eigenvalue weighted by Crippen LogP contribution is -2.51. The van der Waals surface area contributed by atoms with Crippen LogP contribution >= 0.6 is 0 Å². The molecule has 1 N–H and O–H groups in total. The zero-order chi connectivity index (χ0) is 21.4. The van der Waals surface area contributed by atoms with Crippen LogP contribution in [-0.2, 0) is 29.3 Å². The van der Waals surface area contributed by atoms with E-state index in [0.717, 1.165) is 11.1 Å². The molecule has 0 fully saturated rings. The first-order chi connectivity index (χ1) is 13.8. The first kappa shape index (κ1) is 22.1. The van der Waals surface area contributed by atoms with Crippen molar-refractivity contribution in [1.29, 1.82) is 0 Å². The number of carbonyl (C=O) groups is 3. The van der Waals surface area contributed by atoms with Crippen LogP contribution in [0.15, 0.2) is 60.7 Å². The van der Waals surface area contributed by atoms with Crippen LogP contribution in [0.3, 0.4) is 0 Å². The molecule has 0 aliphatic heterocycles. The number of ether oxygens (including phenoxy) is 2. The largest absolute Gasteiger partial charge is 0.469 e. The molecule has 1 amide bonds. The Labute approximate surface area is 171 Å². The van der Waals surface area contributed by atoms with Crippen molar-refractivity contribution in [3.8, 4) is 0 Å². The average molecular weight is 397 g/mol. The smallest absolute Gasteiger partial charge is 0.328 e. The maximum Gasteiger partial charge on any atom is 0.328 e. The fourth-order valence-corrected chi connectivity index (χ4v) is 3.28. The monoisotopic (exact) mass is 397 g/mol. The molecule has 0 unspecified atom stereocenters. The van der Waals surface area contributed by atoms with Gasteiger partial charge in [-0.05, 0) is 24.5 Å². The zero-order valence-corrected chi connectivity index (χ0v) is 17.2. The van der Waals surface area contributed by atoms with Crippen LogP contribution in [0, 0.1) is 5.92 Å². The molecule has 0 aliphatic carbocycles. The van der Waals surface area contributed by atoms with Crippen LogP contribution in [0.1, 0.15) is 31.4 Å². The summed E-state index contributed by atoms with van der Waals surface area (Å²) in [6, 6.07) is 17.7. The third kappa shape index (κ3) is 5.02. The molecule has 6 nitrogen and oxygen atoms in total. The first-order valence-corrected chi connectivity index (χ1v) is 9.42. The van der Waals surface area contributed by atoms with Gasteiger partial charge in [0.2, 0.25) is 5.91 Å². The van der Waals surface area contributed by atoms with Gasteiger partial charge in [-0.1, -0.05) is 67.6 Å². The minimum atomic E-state index is -1.04. The van der Waals surface area contributed by atoms with E-state index >= 15 is 0 Å². The summed E-state index contributed by atoms with van der Waals surface area (Å²) < 4.78 is 9.58. The molecule has 0 spiro atoms. The molecule has 0 bridgehead atoms. The Morgan fingerprint density at radius 1 is 0.862 bits per heavy atom. The first-order valence-electron chi connectivity index (χ1n) is 9.42. The lowest BCUT2D eigenvalue weighted by Gasteiger charge is -2.31. The molecule has 0 saturated carbocycles. The number of carbonyl (C=O) groups excluding carboxylic acids is 3. The van der Waals surface area contributed by atoms with E-state index in [1.54, 1.807) is 6.92 Å². The van der Waals surface area contributed by atoms with Gasteiger partial charge in [-0.15, -0.1) is 0 Å². The summed E-state index contributed by atoms with van der Waals surface area (Å²) in [5, 5.41) is 2.79. The maximum absolute atomic E-state index is 13.5. The van der Waals surface area contributed by atoms with E-state index in [0.29, 0.717) is 0 Å². The Balaban J connectivity index is 2.39. The third-order valence-corrected chi connectivity index (χ3v) is 5.14. The van der Waals surface area contributed by atoms with Crippen LogP contribution in [0.4, 0.5) is 0 Å². The van der Waals surface area contributed by atoms with Gasteiger partial charge >= 0.3 is 11.9 Å². The molecule has 2 rings (SSSR count). The van der Waals surface area contributed by atoms with Crippen molar-refractivity contribution in [2.45, 2.75) is 31.7 Å². The van der Waals surface area contributed by atoms with Crippen molar-refractivity contribution in [3.63, 3.8) is 0 Å². The fourth-order valence-electron chi connectivity index (χ4n) is 3.28. The van der Waals surface area contributed by atoms with Crippen LogP contribution < -0.4 is 5.32 Å². The van der Waals surface area contributed by atoms with Gasteiger partial charge in [-0.3, -0.25) is 9.59 Å². The summed E-state index contributed by atoms with van der Waals surface area (Å²) in [5.74, 6) is -2.01. The Morgan fingerprint density at radius 3 is 1.72 bits per heavy atom. The van der Waals surface area contributed by atoms with Gasteiger partial charge in [0, 0.05) is 0 Å². The predicted octanol–water partition coefficient (Wildman–Crippen LogP) is 2.85. The standard InChI is InChI=1S/C23H27NO5/c1-16(20(25)28-3)15-19(21(26)29-4)24-22(27)23(2,17-11-7-5-8-12-17)18-13-9-6-10-14-18/h5-14,16,19H,15H2,1-4H3,(H,24,27)/t16-,19-/m0/s1. The van der Waals surface area contributed by atoms with E-state index in [9.17, 15) is 14.4 Å². The van der Waals surface area contributed by atoms with E-state index in [2.05, 4.69) is 5.32 Å². The number of hydrogen-bond donors (Lipinski definition) is 1. The number of amides is 1. The summed E-state index contributed by atoms with van der Waals surface area (Å²) in [7, 11) is 2.53. The number of hydrogen-bond acceptors (Lipinski definition) is 5. The van der Waals surface area contributed by atoms with Crippen molar-refractivity contribution < 1.29 is 23.9 Å². The van der Waals surface area contributed by atoms with Gasteiger partial charge in [-0.25, -0.2) is 4.79 Å². The van der Waals surface area contributed by atoms with Gasteiger partial charge in [0.25, 0.3) is 0 Å². The quantitative estimate of drug-likeness (QED) is 0.693. The molecule has 2 aromatic rings. The minimum Gasteiger partial charge on any atom is -0.469 e. The molecule has 0 heterocycles. The Morgan fingerprint density at radius 2 is 1.31 bits per heavy atom. The Kier molecular flexibility index (Phi) is 7.53. The highest BCUT2D eigenvalue weighted by Gasteiger charge is 2.39. The molecule has 0 aliphatic rings. The number of rotatable bonds is 8. The number of esters is 2. The summed E-state index contributed by atoms with van der Waals surface area (Å²) in [6.45, 7) is 3.45. The van der Waals surface area contributed by atoms with Crippen molar-refractivity contribution in [2.24, 2.45) is 5.92 Å². The normalized spacial score (nSPS) is 13.1. The molecule has 6 heteroatoms. The van der Waals surface area contributed by atoms with Crippen molar-refractivity contribution >= 4 is 17.8 Å². The lowest BCUT2D eigenvalue weighted by atomic mass is 9.75. The van der Waals surface area contributed by atoms with Gasteiger partial charge in [0.1, 0.15) is 6.04 Å². The van der Waals surface area contributed by atoms with Crippen LogP contribution in [0.2, 0.25) is 0 Å². The molecule has 2 atom stereocenters. The van der Waals surface area contributed by atoms with Crippen molar-refractivity contribution in [1.82, 2.24) is 5.32 Å². The summed E-state index contributed by atoms with van der Waals surface area (Å²) in [6.07, 6.45) is 0.0742. The highest BCUT2D eigenvalue weighted by molar-refractivity contribution is 5.94. The molecule has 154 valence electrons. The van der Waals surface area contributed by atoms with Crippen molar-refractivity contribution in [3.05, 3.63) is 71.8 Å². The second kappa shape index (κ2) is 9.87. The summed E-state index contributed by atoms with van der Waals surface area (Å²) in [5.41, 5.74) is 0.533. The van der Waals surface area contributed by atoms with E-state index in [-0.39, 0.29) is 12.3 Å². The molecule has 0 saturated heterocycles. The zero-order valence-electron chi connectivity index (χ0n) is 17.2. The van der Waals surface area contributed by atoms with Crippen molar-refractivity contribution in [2.75, 3.05) is 14.2 Å². The molecule has 0 aromatic heterocycles. The highest BCUT2D eigenvalue weighted by Crippen LogP contribution is 2.32.